The average Bonchev–Trinajstić information content (AvgIpc) is 3.12. The Morgan fingerprint density at radius 2 is 2.19 bits per heavy atom. The van der Waals surface area contributed by atoms with Crippen molar-refractivity contribution in [3.8, 4) is 5.75 Å². The largest absolute Gasteiger partial charge is 0.491 e. The molecule has 1 unspecified atom stereocenters. The molecule has 112 valence electrons. The Balaban J connectivity index is 1.83. The maximum Gasteiger partial charge on any atom is 0.158 e. The van der Waals surface area contributed by atoms with Gasteiger partial charge in [-0.1, -0.05) is 12.1 Å². The van der Waals surface area contributed by atoms with E-state index in [1.165, 1.54) is 0 Å². The Bertz CT molecular complexity index is 563. The Morgan fingerprint density at radius 3 is 2.76 bits per heavy atom. The summed E-state index contributed by atoms with van der Waals surface area (Å²) in [6.07, 6.45) is 3.45. The van der Waals surface area contributed by atoms with E-state index in [1.807, 2.05) is 42.4 Å². The molecule has 1 saturated heterocycles. The standard InChI is InChI=1S/C15H19N3O2S/c1-12(2)20-14-5-3-13(4-6-14)15(19-7-8-21-15)9-18-11-16-10-17-18/h3-6,10-12H,7-9H2,1-2H3. The Labute approximate surface area is 128 Å². The molecule has 0 aliphatic carbocycles. The lowest BCUT2D eigenvalue weighted by molar-refractivity contribution is 0.0330. The van der Waals surface area contributed by atoms with Crippen LogP contribution in [0.2, 0.25) is 0 Å². The van der Waals surface area contributed by atoms with E-state index < -0.39 is 0 Å². The van der Waals surface area contributed by atoms with Gasteiger partial charge in [0.05, 0.1) is 19.3 Å². The van der Waals surface area contributed by atoms with Crippen LogP contribution < -0.4 is 4.74 Å². The lowest BCUT2D eigenvalue weighted by Gasteiger charge is -2.28. The van der Waals surface area contributed by atoms with Gasteiger partial charge in [-0.2, -0.15) is 5.10 Å². The molecule has 1 aromatic heterocycles. The van der Waals surface area contributed by atoms with E-state index in [0.29, 0.717) is 6.54 Å². The normalized spacial score (nSPS) is 21.9. The van der Waals surface area contributed by atoms with E-state index in [4.69, 9.17) is 9.47 Å². The van der Waals surface area contributed by atoms with Crippen LogP contribution >= 0.6 is 11.8 Å². The zero-order valence-electron chi connectivity index (χ0n) is 12.2. The summed E-state index contributed by atoms with van der Waals surface area (Å²) in [4.78, 5) is 3.62. The summed E-state index contributed by atoms with van der Waals surface area (Å²) in [6, 6.07) is 8.15. The van der Waals surface area contributed by atoms with Crippen LogP contribution in [0.25, 0.3) is 0 Å². The van der Waals surface area contributed by atoms with Gasteiger partial charge in [0, 0.05) is 5.75 Å². The van der Waals surface area contributed by atoms with Crippen LogP contribution in [-0.4, -0.2) is 33.2 Å². The van der Waals surface area contributed by atoms with Gasteiger partial charge in [-0.25, -0.2) is 9.67 Å². The number of benzene rings is 1. The molecule has 1 aliphatic rings. The molecule has 0 bridgehead atoms. The minimum Gasteiger partial charge on any atom is -0.491 e. The number of hydrogen-bond donors (Lipinski definition) is 0. The summed E-state index contributed by atoms with van der Waals surface area (Å²) >= 11 is 1.81. The highest BCUT2D eigenvalue weighted by Gasteiger charge is 2.38. The van der Waals surface area contributed by atoms with Crippen molar-refractivity contribution in [2.45, 2.75) is 31.4 Å². The summed E-state index contributed by atoms with van der Waals surface area (Å²) in [5, 5.41) is 4.19. The molecule has 5 nitrogen and oxygen atoms in total. The van der Waals surface area contributed by atoms with E-state index >= 15 is 0 Å². The van der Waals surface area contributed by atoms with Gasteiger partial charge in [0.2, 0.25) is 0 Å². The van der Waals surface area contributed by atoms with Gasteiger partial charge < -0.3 is 9.47 Å². The van der Waals surface area contributed by atoms with Gasteiger partial charge >= 0.3 is 0 Å². The predicted octanol–water partition coefficient (Wildman–Crippen LogP) is 2.68. The molecule has 2 aromatic rings. The lowest BCUT2D eigenvalue weighted by Crippen LogP contribution is -2.28. The van der Waals surface area contributed by atoms with Crippen molar-refractivity contribution < 1.29 is 9.47 Å². The minimum atomic E-state index is -0.385. The van der Waals surface area contributed by atoms with E-state index in [-0.39, 0.29) is 11.0 Å². The van der Waals surface area contributed by atoms with Crippen LogP contribution in [0.4, 0.5) is 0 Å². The first-order chi connectivity index (χ1) is 10.2. The van der Waals surface area contributed by atoms with Crippen LogP contribution in [0.15, 0.2) is 36.9 Å². The topological polar surface area (TPSA) is 49.2 Å². The van der Waals surface area contributed by atoms with Crippen LogP contribution in [0.3, 0.4) is 0 Å². The number of nitrogens with zero attached hydrogens (tertiary/aromatic N) is 3. The second-order valence-electron chi connectivity index (χ2n) is 5.23. The molecule has 0 spiro atoms. The molecule has 1 fully saturated rings. The van der Waals surface area contributed by atoms with Crippen molar-refractivity contribution in [3.05, 3.63) is 42.5 Å². The van der Waals surface area contributed by atoms with Crippen LogP contribution in [-0.2, 0) is 16.2 Å². The van der Waals surface area contributed by atoms with Crippen LogP contribution in [0, 0.1) is 0 Å². The smallest absolute Gasteiger partial charge is 0.158 e. The highest BCUT2D eigenvalue weighted by atomic mass is 32.2. The predicted molar refractivity (Wildman–Crippen MR) is 82.3 cm³/mol. The monoisotopic (exact) mass is 305 g/mol. The summed E-state index contributed by atoms with van der Waals surface area (Å²) in [5.74, 6) is 1.87. The molecular formula is C15H19N3O2S. The van der Waals surface area contributed by atoms with Crippen molar-refractivity contribution >= 4 is 11.8 Å². The summed E-state index contributed by atoms with van der Waals surface area (Å²) in [7, 11) is 0. The Kier molecular flexibility index (Phi) is 4.17. The number of rotatable bonds is 5. The fraction of sp³-hybridized carbons (Fsp3) is 0.467. The minimum absolute atomic E-state index is 0.178. The van der Waals surface area contributed by atoms with Crippen molar-refractivity contribution in [1.82, 2.24) is 14.8 Å². The Morgan fingerprint density at radius 1 is 1.38 bits per heavy atom. The van der Waals surface area contributed by atoms with E-state index in [0.717, 1.165) is 23.7 Å². The van der Waals surface area contributed by atoms with Gasteiger partial charge in [-0.3, -0.25) is 0 Å². The van der Waals surface area contributed by atoms with Crippen molar-refractivity contribution in [2.75, 3.05) is 12.4 Å². The maximum absolute atomic E-state index is 6.05. The zero-order valence-corrected chi connectivity index (χ0v) is 13.0. The molecule has 1 aromatic carbocycles. The van der Waals surface area contributed by atoms with Gasteiger partial charge in [0.25, 0.3) is 0 Å². The first-order valence-electron chi connectivity index (χ1n) is 7.05. The highest BCUT2D eigenvalue weighted by Crippen LogP contribution is 2.44. The molecule has 2 heterocycles. The number of ether oxygens (including phenoxy) is 2. The van der Waals surface area contributed by atoms with E-state index in [2.05, 4.69) is 22.2 Å². The SMILES string of the molecule is CC(C)Oc1ccc(C2(Cn3cncn3)OCCS2)cc1. The number of thioether (sulfide) groups is 1. The highest BCUT2D eigenvalue weighted by molar-refractivity contribution is 8.00. The third kappa shape index (κ3) is 3.22. The molecule has 1 atom stereocenters. The molecular weight excluding hydrogens is 286 g/mol. The molecule has 0 saturated carbocycles. The molecule has 0 radical (unpaired) electrons. The van der Waals surface area contributed by atoms with Gasteiger partial charge in [0.15, 0.2) is 4.93 Å². The quantitative estimate of drug-likeness (QED) is 0.850. The van der Waals surface area contributed by atoms with Crippen LogP contribution in [0.1, 0.15) is 19.4 Å². The number of hydrogen-bond acceptors (Lipinski definition) is 5. The second kappa shape index (κ2) is 6.07. The molecule has 6 heteroatoms. The second-order valence-corrected chi connectivity index (χ2v) is 6.59. The van der Waals surface area contributed by atoms with Crippen molar-refractivity contribution in [2.24, 2.45) is 0 Å². The molecule has 1 aliphatic heterocycles. The summed E-state index contributed by atoms with van der Waals surface area (Å²) in [6.45, 7) is 5.46. The molecule has 3 rings (SSSR count). The van der Waals surface area contributed by atoms with E-state index in [1.54, 1.807) is 12.7 Å². The van der Waals surface area contributed by atoms with Gasteiger partial charge in [-0.15, -0.1) is 11.8 Å². The average molecular weight is 305 g/mol. The molecule has 0 N–H and O–H groups in total. The first kappa shape index (κ1) is 14.4. The van der Waals surface area contributed by atoms with Gasteiger partial charge in [0.1, 0.15) is 18.4 Å². The zero-order chi connectivity index (χ0) is 14.7. The van der Waals surface area contributed by atoms with Gasteiger partial charge in [-0.05, 0) is 31.5 Å². The fourth-order valence-corrected chi connectivity index (χ4v) is 3.58. The maximum atomic E-state index is 6.05. The van der Waals surface area contributed by atoms with Crippen LogP contribution in [0.5, 0.6) is 5.75 Å². The molecule has 21 heavy (non-hydrogen) atoms. The summed E-state index contributed by atoms with van der Waals surface area (Å²) < 4.78 is 13.6. The van der Waals surface area contributed by atoms with Crippen molar-refractivity contribution in [1.29, 1.82) is 0 Å². The fourth-order valence-electron chi connectivity index (χ4n) is 2.39. The Hall–Kier alpha value is -1.53. The number of aromatic nitrogens is 3. The summed E-state index contributed by atoms with van der Waals surface area (Å²) in [5.41, 5.74) is 1.14. The molecule has 0 amide bonds. The lowest BCUT2D eigenvalue weighted by atomic mass is 10.1. The first-order valence-corrected chi connectivity index (χ1v) is 8.04. The van der Waals surface area contributed by atoms with Crippen molar-refractivity contribution in [3.63, 3.8) is 0 Å². The third-order valence-electron chi connectivity index (χ3n) is 3.26. The third-order valence-corrected chi connectivity index (χ3v) is 4.58. The van der Waals surface area contributed by atoms with E-state index in [9.17, 15) is 0 Å².